The summed E-state index contributed by atoms with van der Waals surface area (Å²) >= 11 is 1.56. The van der Waals surface area contributed by atoms with E-state index in [0.29, 0.717) is 17.8 Å². The molecule has 0 aliphatic carbocycles. The molecule has 1 amide bonds. The van der Waals surface area contributed by atoms with E-state index in [4.69, 9.17) is 4.74 Å². The fraction of sp³-hybridized carbons (Fsp3) is 0.381. The number of amides is 1. The van der Waals surface area contributed by atoms with Crippen molar-refractivity contribution < 1.29 is 17.9 Å². The van der Waals surface area contributed by atoms with Gasteiger partial charge in [0.2, 0.25) is 0 Å². The van der Waals surface area contributed by atoms with Crippen LogP contribution in [0.4, 0.5) is 5.69 Å². The van der Waals surface area contributed by atoms with Gasteiger partial charge in [-0.2, -0.15) is 0 Å². The summed E-state index contributed by atoms with van der Waals surface area (Å²) in [6.07, 6.45) is 4.01. The minimum Gasteiger partial charge on any atom is -0.376 e. The Labute approximate surface area is 176 Å². The van der Waals surface area contributed by atoms with Crippen LogP contribution in [0.25, 0.3) is 0 Å². The lowest BCUT2D eigenvalue weighted by atomic mass is 10.2. The average Bonchev–Trinajstić information content (AvgIpc) is 3.26. The summed E-state index contributed by atoms with van der Waals surface area (Å²) in [6.45, 7) is 3.31. The van der Waals surface area contributed by atoms with E-state index in [1.807, 2.05) is 6.26 Å². The molecule has 6 nitrogen and oxygen atoms in total. The Bertz CT molecular complexity index is 922. The number of nitrogens with zero attached hydrogens (tertiary/aromatic N) is 1. The molecule has 1 N–H and O–H groups in total. The summed E-state index contributed by atoms with van der Waals surface area (Å²) in [4.78, 5) is 13.6. The van der Waals surface area contributed by atoms with Crippen LogP contribution in [0.15, 0.2) is 58.3 Å². The number of hydrogen-bond donors (Lipinski definition) is 1. The van der Waals surface area contributed by atoms with Gasteiger partial charge in [-0.15, -0.1) is 11.8 Å². The van der Waals surface area contributed by atoms with Crippen molar-refractivity contribution >= 4 is 33.4 Å². The van der Waals surface area contributed by atoms with Crippen LogP contribution >= 0.6 is 11.8 Å². The molecule has 1 atom stereocenters. The van der Waals surface area contributed by atoms with Crippen molar-refractivity contribution in [1.29, 1.82) is 0 Å². The van der Waals surface area contributed by atoms with Gasteiger partial charge >= 0.3 is 0 Å². The summed E-state index contributed by atoms with van der Waals surface area (Å²) in [6, 6.07) is 13.5. The molecule has 1 aliphatic rings. The van der Waals surface area contributed by atoms with Gasteiger partial charge in [-0.25, -0.2) is 8.42 Å². The third-order valence-corrected chi connectivity index (χ3v) is 7.53. The van der Waals surface area contributed by atoms with Crippen LogP contribution < -0.4 is 9.62 Å². The lowest BCUT2D eigenvalue weighted by molar-refractivity contribution is 0.0858. The first-order valence-electron chi connectivity index (χ1n) is 9.62. The summed E-state index contributed by atoms with van der Waals surface area (Å²) < 4.78 is 33.0. The smallest absolute Gasteiger partial charge is 0.264 e. The maximum absolute atomic E-state index is 13.1. The molecule has 1 aliphatic heterocycles. The Balaban J connectivity index is 1.72. The van der Waals surface area contributed by atoms with Crippen molar-refractivity contribution in [2.75, 3.05) is 30.3 Å². The highest BCUT2D eigenvalue weighted by Gasteiger charge is 2.24. The molecule has 156 valence electrons. The zero-order valence-electron chi connectivity index (χ0n) is 16.6. The van der Waals surface area contributed by atoms with Gasteiger partial charge < -0.3 is 10.1 Å². The molecule has 8 heteroatoms. The normalized spacial score (nSPS) is 16.6. The quantitative estimate of drug-likeness (QED) is 0.643. The Hall–Kier alpha value is -2.03. The molecule has 1 fully saturated rings. The number of benzene rings is 2. The number of carbonyl (C=O) groups excluding carboxylic acids is 1. The van der Waals surface area contributed by atoms with Crippen molar-refractivity contribution in [3.63, 3.8) is 0 Å². The minimum absolute atomic E-state index is 0.0800. The van der Waals surface area contributed by atoms with Crippen LogP contribution in [0, 0.1) is 0 Å². The predicted octanol–water partition coefficient (Wildman–Crippen LogP) is 3.53. The predicted molar refractivity (Wildman–Crippen MR) is 116 cm³/mol. The van der Waals surface area contributed by atoms with E-state index >= 15 is 0 Å². The number of hydrogen-bond acceptors (Lipinski definition) is 5. The maximum Gasteiger partial charge on any atom is 0.264 e. The third kappa shape index (κ3) is 5.12. The molecule has 1 unspecified atom stereocenters. The fourth-order valence-electron chi connectivity index (χ4n) is 3.26. The molecular weight excluding hydrogens is 408 g/mol. The van der Waals surface area contributed by atoms with Crippen molar-refractivity contribution in [3.8, 4) is 0 Å². The van der Waals surface area contributed by atoms with Gasteiger partial charge in [0.1, 0.15) is 0 Å². The zero-order valence-corrected chi connectivity index (χ0v) is 18.3. The standard InChI is InChI=1S/C21H26N2O4S2/c1-3-23(29(25,26)20-12-10-19(28-2)11-13-20)17-8-6-16(7-9-17)21(24)22-15-18-5-4-14-27-18/h6-13,18H,3-5,14-15H2,1-2H3,(H,22,24). The molecule has 0 radical (unpaired) electrons. The molecule has 29 heavy (non-hydrogen) atoms. The number of nitrogens with one attached hydrogen (secondary N) is 1. The SMILES string of the molecule is CCN(c1ccc(C(=O)NCC2CCCO2)cc1)S(=O)(=O)c1ccc(SC)cc1. The molecule has 1 saturated heterocycles. The first kappa shape index (κ1) is 21.7. The first-order chi connectivity index (χ1) is 14.0. The van der Waals surface area contributed by atoms with E-state index in [9.17, 15) is 13.2 Å². The molecule has 1 heterocycles. The Morgan fingerprint density at radius 2 is 1.86 bits per heavy atom. The summed E-state index contributed by atoms with van der Waals surface area (Å²) in [5.41, 5.74) is 1.02. The van der Waals surface area contributed by atoms with Gasteiger partial charge in [-0.1, -0.05) is 0 Å². The van der Waals surface area contributed by atoms with E-state index in [1.54, 1.807) is 67.2 Å². The second kappa shape index (κ2) is 9.65. The third-order valence-electron chi connectivity index (χ3n) is 4.87. The van der Waals surface area contributed by atoms with E-state index in [1.165, 1.54) is 4.31 Å². The molecule has 2 aromatic carbocycles. The largest absolute Gasteiger partial charge is 0.376 e. The van der Waals surface area contributed by atoms with E-state index < -0.39 is 10.0 Å². The van der Waals surface area contributed by atoms with Gasteiger partial charge in [-0.05, 0) is 74.6 Å². The van der Waals surface area contributed by atoms with E-state index in [0.717, 1.165) is 24.3 Å². The molecule has 0 bridgehead atoms. The second-order valence-electron chi connectivity index (χ2n) is 6.74. The number of rotatable bonds is 8. The highest BCUT2D eigenvalue weighted by Crippen LogP contribution is 2.25. The van der Waals surface area contributed by atoms with Crippen LogP contribution in [0.5, 0.6) is 0 Å². The number of anilines is 1. The minimum atomic E-state index is -3.68. The van der Waals surface area contributed by atoms with Gasteiger partial charge in [-0.3, -0.25) is 9.10 Å². The maximum atomic E-state index is 13.1. The topological polar surface area (TPSA) is 75.7 Å². The van der Waals surface area contributed by atoms with Crippen molar-refractivity contribution in [2.45, 2.75) is 35.7 Å². The summed E-state index contributed by atoms with van der Waals surface area (Å²) in [7, 11) is -3.68. The Morgan fingerprint density at radius 1 is 1.17 bits per heavy atom. The zero-order chi connectivity index (χ0) is 20.9. The monoisotopic (exact) mass is 434 g/mol. The number of sulfonamides is 1. The van der Waals surface area contributed by atoms with Crippen LogP contribution in [0.3, 0.4) is 0 Å². The Kier molecular flexibility index (Phi) is 7.21. The molecule has 3 rings (SSSR count). The number of carbonyl (C=O) groups is 1. The fourth-order valence-corrected chi connectivity index (χ4v) is 5.14. The van der Waals surface area contributed by atoms with E-state index in [2.05, 4.69) is 5.32 Å². The molecule has 0 spiro atoms. The summed E-state index contributed by atoms with van der Waals surface area (Å²) in [5.74, 6) is -0.189. The van der Waals surface area contributed by atoms with Gasteiger partial charge in [0.05, 0.1) is 16.7 Å². The highest BCUT2D eigenvalue weighted by atomic mass is 32.2. The van der Waals surface area contributed by atoms with Crippen LogP contribution in [-0.4, -0.2) is 46.4 Å². The van der Waals surface area contributed by atoms with Gasteiger partial charge in [0, 0.05) is 30.2 Å². The number of thioether (sulfide) groups is 1. The van der Waals surface area contributed by atoms with Crippen molar-refractivity contribution in [2.24, 2.45) is 0 Å². The molecule has 0 saturated carbocycles. The first-order valence-corrected chi connectivity index (χ1v) is 12.3. The van der Waals surface area contributed by atoms with E-state index in [-0.39, 0.29) is 23.5 Å². The van der Waals surface area contributed by atoms with Crippen molar-refractivity contribution in [3.05, 3.63) is 54.1 Å². The molecule has 2 aromatic rings. The van der Waals surface area contributed by atoms with Gasteiger partial charge in [0.25, 0.3) is 15.9 Å². The number of ether oxygens (including phenoxy) is 1. The van der Waals surface area contributed by atoms with Crippen LogP contribution in [-0.2, 0) is 14.8 Å². The van der Waals surface area contributed by atoms with Crippen LogP contribution in [0.2, 0.25) is 0 Å². The van der Waals surface area contributed by atoms with Crippen molar-refractivity contribution in [1.82, 2.24) is 5.32 Å². The average molecular weight is 435 g/mol. The molecular formula is C21H26N2O4S2. The lowest BCUT2D eigenvalue weighted by Gasteiger charge is -2.23. The van der Waals surface area contributed by atoms with Gasteiger partial charge in [0.15, 0.2) is 0 Å². The van der Waals surface area contributed by atoms with Crippen LogP contribution in [0.1, 0.15) is 30.1 Å². The Morgan fingerprint density at radius 3 is 2.41 bits per heavy atom. The second-order valence-corrected chi connectivity index (χ2v) is 9.48. The summed E-state index contributed by atoms with van der Waals surface area (Å²) in [5, 5.41) is 2.87. The highest BCUT2D eigenvalue weighted by molar-refractivity contribution is 7.98. The molecule has 0 aromatic heterocycles. The lowest BCUT2D eigenvalue weighted by Crippen LogP contribution is -2.32.